The molecular weight excluding hydrogens is 262 g/mol. The summed E-state index contributed by atoms with van der Waals surface area (Å²) >= 11 is 0. The quantitative estimate of drug-likeness (QED) is 0.848. The number of nitrogens with zero attached hydrogens (tertiary/aromatic N) is 2. The third-order valence-electron chi connectivity index (χ3n) is 3.53. The van der Waals surface area contributed by atoms with Gasteiger partial charge in [0.05, 0.1) is 6.26 Å². The molecule has 4 heteroatoms. The summed E-state index contributed by atoms with van der Waals surface area (Å²) in [5.74, 6) is 1.63. The second-order valence-electron chi connectivity index (χ2n) is 5.89. The Morgan fingerprint density at radius 3 is 2.76 bits per heavy atom. The lowest BCUT2D eigenvalue weighted by Crippen LogP contribution is -2.23. The minimum atomic E-state index is 0.649. The topological polar surface area (TPSA) is 41.3 Å². The molecular formula is C17H25N3O. The number of nitrogens with one attached hydrogen (secondary N) is 1. The summed E-state index contributed by atoms with van der Waals surface area (Å²) in [6, 6.07) is 4.10. The maximum atomic E-state index is 5.37. The van der Waals surface area contributed by atoms with Crippen molar-refractivity contribution >= 4 is 5.69 Å². The van der Waals surface area contributed by atoms with Gasteiger partial charge in [-0.25, -0.2) is 0 Å². The monoisotopic (exact) mass is 287 g/mol. The molecule has 0 bridgehead atoms. The fraction of sp³-hybridized carbons (Fsp3) is 0.471. The Bertz CT molecular complexity index is 563. The van der Waals surface area contributed by atoms with Crippen molar-refractivity contribution in [1.29, 1.82) is 0 Å². The van der Waals surface area contributed by atoms with Gasteiger partial charge in [0.15, 0.2) is 0 Å². The normalized spacial score (nSPS) is 11.1. The SMILES string of the molecule is Cc1occc1CN(C)c1ccncc1CNCC(C)C. The van der Waals surface area contributed by atoms with Crippen LogP contribution in [-0.2, 0) is 13.1 Å². The van der Waals surface area contributed by atoms with Crippen LogP contribution < -0.4 is 10.2 Å². The number of furan rings is 1. The molecule has 0 spiro atoms. The Balaban J connectivity index is 2.06. The second-order valence-corrected chi connectivity index (χ2v) is 5.89. The van der Waals surface area contributed by atoms with Crippen molar-refractivity contribution in [1.82, 2.24) is 10.3 Å². The largest absolute Gasteiger partial charge is 0.469 e. The lowest BCUT2D eigenvalue weighted by molar-refractivity contribution is 0.529. The fourth-order valence-corrected chi connectivity index (χ4v) is 2.34. The van der Waals surface area contributed by atoms with Crippen LogP contribution in [0.15, 0.2) is 35.2 Å². The average Bonchev–Trinajstić information content (AvgIpc) is 2.84. The highest BCUT2D eigenvalue weighted by Crippen LogP contribution is 2.21. The molecule has 0 fully saturated rings. The number of aryl methyl sites for hydroxylation is 1. The molecule has 0 radical (unpaired) electrons. The zero-order valence-corrected chi connectivity index (χ0v) is 13.4. The van der Waals surface area contributed by atoms with Gasteiger partial charge in [-0.1, -0.05) is 13.8 Å². The highest BCUT2D eigenvalue weighted by atomic mass is 16.3. The summed E-state index contributed by atoms with van der Waals surface area (Å²) in [5, 5.41) is 3.48. The summed E-state index contributed by atoms with van der Waals surface area (Å²) in [6.45, 7) is 9.12. The Morgan fingerprint density at radius 2 is 2.10 bits per heavy atom. The van der Waals surface area contributed by atoms with E-state index in [1.807, 2.05) is 25.4 Å². The van der Waals surface area contributed by atoms with Gasteiger partial charge in [0.1, 0.15) is 5.76 Å². The van der Waals surface area contributed by atoms with Crippen LogP contribution in [0.5, 0.6) is 0 Å². The van der Waals surface area contributed by atoms with E-state index in [2.05, 4.69) is 42.2 Å². The van der Waals surface area contributed by atoms with Gasteiger partial charge in [-0.2, -0.15) is 0 Å². The fourth-order valence-electron chi connectivity index (χ4n) is 2.34. The Kier molecular flexibility index (Phi) is 5.39. The molecule has 114 valence electrons. The van der Waals surface area contributed by atoms with Crippen molar-refractivity contribution in [3.05, 3.63) is 47.7 Å². The van der Waals surface area contributed by atoms with Crippen LogP contribution in [0.1, 0.15) is 30.7 Å². The summed E-state index contributed by atoms with van der Waals surface area (Å²) in [6.07, 6.45) is 5.54. The zero-order valence-electron chi connectivity index (χ0n) is 13.4. The van der Waals surface area contributed by atoms with E-state index in [0.29, 0.717) is 5.92 Å². The van der Waals surface area contributed by atoms with Crippen LogP contribution in [0, 0.1) is 12.8 Å². The van der Waals surface area contributed by atoms with Crippen LogP contribution in [0.2, 0.25) is 0 Å². The molecule has 2 rings (SSSR count). The molecule has 0 aliphatic carbocycles. The van der Waals surface area contributed by atoms with E-state index in [0.717, 1.165) is 25.4 Å². The Hall–Kier alpha value is -1.81. The van der Waals surface area contributed by atoms with E-state index in [4.69, 9.17) is 4.42 Å². The third-order valence-corrected chi connectivity index (χ3v) is 3.53. The number of anilines is 1. The standard InChI is InChI=1S/C17H25N3O/c1-13(2)9-19-11-16-10-18-7-5-17(16)20(4)12-15-6-8-21-14(15)3/h5-8,10,13,19H,9,11-12H2,1-4H3. The molecule has 2 aromatic heterocycles. The Morgan fingerprint density at radius 1 is 1.29 bits per heavy atom. The molecule has 0 unspecified atom stereocenters. The summed E-state index contributed by atoms with van der Waals surface area (Å²) in [4.78, 5) is 6.50. The molecule has 0 aliphatic heterocycles. The lowest BCUT2D eigenvalue weighted by Gasteiger charge is -2.22. The van der Waals surface area contributed by atoms with Crippen LogP contribution >= 0.6 is 0 Å². The minimum Gasteiger partial charge on any atom is -0.469 e. The van der Waals surface area contributed by atoms with Crippen molar-refractivity contribution in [2.45, 2.75) is 33.9 Å². The van der Waals surface area contributed by atoms with E-state index < -0.39 is 0 Å². The molecule has 1 N–H and O–H groups in total. The van der Waals surface area contributed by atoms with E-state index in [1.165, 1.54) is 16.8 Å². The van der Waals surface area contributed by atoms with Gasteiger partial charge < -0.3 is 14.6 Å². The van der Waals surface area contributed by atoms with Crippen LogP contribution in [-0.4, -0.2) is 18.6 Å². The highest BCUT2D eigenvalue weighted by molar-refractivity contribution is 5.52. The second kappa shape index (κ2) is 7.27. The van der Waals surface area contributed by atoms with Crippen LogP contribution in [0.4, 0.5) is 5.69 Å². The van der Waals surface area contributed by atoms with Crippen molar-refractivity contribution < 1.29 is 4.42 Å². The van der Waals surface area contributed by atoms with Gasteiger partial charge in [0.25, 0.3) is 0 Å². The number of pyridine rings is 1. The molecule has 21 heavy (non-hydrogen) atoms. The van der Waals surface area contributed by atoms with Gasteiger partial charge in [-0.05, 0) is 31.5 Å². The molecule has 4 nitrogen and oxygen atoms in total. The molecule has 0 amide bonds. The first-order valence-corrected chi connectivity index (χ1v) is 7.45. The minimum absolute atomic E-state index is 0.649. The molecule has 2 aromatic rings. The molecule has 2 heterocycles. The van der Waals surface area contributed by atoms with E-state index in [-0.39, 0.29) is 0 Å². The van der Waals surface area contributed by atoms with Crippen LogP contribution in [0.25, 0.3) is 0 Å². The molecule has 0 aromatic carbocycles. The van der Waals surface area contributed by atoms with Crippen molar-refractivity contribution in [3.63, 3.8) is 0 Å². The molecule has 0 saturated carbocycles. The number of hydrogen-bond acceptors (Lipinski definition) is 4. The maximum Gasteiger partial charge on any atom is 0.105 e. The molecule has 0 aliphatic rings. The maximum absolute atomic E-state index is 5.37. The summed E-state index contributed by atoms with van der Waals surface area (Å²) in [5.41, 5.74) is 3.65. The lowest BCUT2D eigenvalue weighted by atomic mass is 10.1. The van der Waals surface area contributed by atoms with Crippen molar-refractivity contribution in [3.8, 4) is 0 Å². The first kappa shape index (κ1) is 15.6. The van der Waals surface area contributed by atoms with Gasteiger partial charge in [-0.3, -0.25) is 4.98 Å². The highest BCUT2D eigenvalue weighted by Gasteiger charge is 2.10. The first-order chi connectivity index (χ1) is 10.1. The smallest absolute Gasteiger partial charge is 0.105 e. The predicted molar refractivity (Wildman–Crippen MR) is 86.3 cm³/mol. The predicted octanol–water partition coefficient (Wildman–Crippen LogP) is 3.37. The number of hydrogen-bond donors (Lipinski definition) is 1. The van der Waals surface area contributed by atoms with Gasteiger partial charge in [-0.15, -0.1) is 0 Å². The molecule has 0 atom stereocenters. The van der Waals surface area contributed by atoms with Crippen LogP contribution in [0.3, 0.4) is 0 Å². The molecule has 0 saturated heterocycles. The number of aromatic nitrogens is 1. The van der Waals surface area contributed by atoms with Gasteiger partial charge >= 0.3 is 0 Å². The summed E-state index contributed by atoms with van der Waals surface area (Å²) < 4.78 is 5.37. The third kappa shape index (κ3) is 4.33. The van der Waals surface area contributed by atoms with E-state index in [9.17, 15) is 0 Å². The zero-order chi connectivity index (χ0) is 15.2. The van der Waals surface area contributed by atoms with Crippen molar-refractivity contribution in [2.24, 2.45) is 5.92 Å². The van der Waals surface area contributed by atoms with Gasteiger partial charge in [0, 0.05) is 49.3 Å². The van der Waals surface area contributed by atoms with E-state index >= 15 is 0 Å². The summed E-state index contributed by atoms with van der Waals surface area (Å²) in [7, 11) is 2.10. The van der Waals surface area contributed by atoms with E-state index in [1.54, 1.807) is 6.26 Å². The van der Waals surface area contributed by atoms with Crippen molar-refractivity contribution in [2.75, 3.05) is 18.5 Å². The van der Waals surface area contributed by atoms with Gasteiger partial charge in [0.2, 0.25) is 0 Å². The number of rotatable bonds is 7. The Labute approximate surface area is 127 Å². The first-order valence-electron chi connectivity index (χ1n) is 7.45. The average molecular weight is 287 g/mol.